The topological polar surface area (TPSA) is 34.1 Å². The number of aromatic nitrogens is 1. The molecule has 1 aromatic heterocycles. The van der Waals surface area contributed by atoms with Gasteiger partial charge in [0, 0.05) is 24.1 Å². The highest BCUT2D eigenvalue weighted by Crippen LogP contribution is 2.35. The fourth-order valence-corrected chi connectivity index (χ4v) is 4.25. The Hall–Kier alpha value is -1.23. The molecule has 1 aliphatic rings. The molecule has 23 heavy (non-hydrogen) atoms. The van der Waals surface area contributed by atoms with Gasteiger partial charge in [0.25, 0.3) is 0 Å². The lowest BCUT2D eigenvalue weighted by molar-refractivity contribution is 0.0761. The molecule has 124 valence electrons. The van der Waals surface area contributed by atoms with Crippen LogP contribution in [0.3, 0.4) is 0 Å². The number of hydrogen-bond donors (Lipinski definition) is 1. The normalized spacial score (nSPS) is 21.9. The van der Waals surface area contributed by atoms with Crippen LogP contribution >= 0.6 is 11.3 Å². The van der Waals surface area contributed by atoms with Crippen LogP contribution in [0.1, 0.15) is 61.5 Å². The second-order valence-electron chi connectivity index (χ2n) is 6.47. The third kappa shape index (κ3) is 3.65. The maximum Gasteiger partial charge on any atom is 0.122 e. The number of rotatable bonds is 6. The maximum absolute atomic E-state index is 5.63. The monoisotopic (exact) mass is 330 g/mol. The number of aryl methyl sites for hydroxylation is 1. The third-order valence-electron chi connectivity index (χ3n) is 4.73. The predicted octanol–water partition coefficient (Wildman–Crippen LogP) is 4.58. The van der Waals surface area contributed by atoms with E-state index in [0.29, 0.717) is 0 Å². The van der Waals surface area contributed by atoms with E-state index in [9.17, 15) is 0 Å². The van der Waals surface area contributed by atoms with E-state index >= 15 is 0 Å². The van der Waals surface area contributed by atoms with Crippen molar-refractivity contribution in [2.45, 2.75) is 58.2 Å². The number of hydrogen-bond acceptors (Lipinski definition) is 4. The largest absolute Gasteiger partial charge is 0.372 e. The smallest absolute Gasteiger partial charge is 0.122 e. The van der Waals surface area contributed by atoms with E-state index in [1.54, 1.807) is 11.3 Å². The highest BCUT2D eigenvalue weighted by Gasteiger charge is 2.31. The quantitative estimate of drug-likeness (QED) is 0.841. The summed E-state index contributed by atoms with van der Waals surface area (Å²) in [6.07, 6.45) is 3.70. The van der Waals surface area contributed by atoms with Crippen LogP contribution in [0.25, 0.3) is 0 Å². The van der Waals surface area contributed by atoms with Crippen molar-refractivity contribution in [1.29, 1.82) is 0 Å². The Bertz CT molecular complexity index is 654. The molecule has 2 aromatic rings. The molecule has 0 saturated carbocycles. The highest BCUT2D eigenvalue weighted by atomic mass is 32.1. The third-order valence-corrected chi connectivity index (χ3v) is 5.78. The van der Waals surface area contributed by atoms with Gasteiger partial charge >= 0.3 is 0 Å². The molecule has 0 radical (unpaired) electrons. The van der Waals surface area contributed by atoms with Crippen LogP contribution in [0.4, 0.5) is 0 Å². The molecular formula is C19H26N2OS. The van der Waals surface area contributed by atoms with Crippen molar-refractivity contribution >= 4 is 11.3 Å². The van der Waals surface area contributed by atoms with Crippen LogP contribution in [0.5, 0.6) is 0 Å². The van der Waals surface area contributed by atoms with Crippen LogP contribution in [0.15, 0.2) is 29.6 Å². The zero-order valence-corrected chi connectivity index (χ0v) is 15.1. The molecule has 0 spiro atoms. The van der Waals surface area contributed by atoms with Crippen LogP contribution in [0.2, 0.25) is 0 Å². The summed E-state index contributed by atoms with van der Waals surface area (Å²) >= 11 is 1.69. The first-order chi connectivity index (χ1) is 11.1. The number of fused-ring (bicyclic) bond motifs is 1. The summed E-state index contributed by atoms with van der Waals surface area (Å²) in [5.74, 6) is 0. The van der Waals surface area contributed by atoms with Gasteiger partial charge in [-0.2, -0.15) is 0 Å². The molecule has 0 aliphatic heterocycles. The van der Waals surface area contributed by atoms with Gasteiger partial charge in [0.15, 0.2) is 0 Å². The van der Waals surface area contributed by atoms with Crippen LogP contribution in [0, 0.1) is 0 Å². The number of nitrogens with one attached hydrogen (secondary N) is 1. The van der Waals surface area contributed by atoms with Gasteiger partial charge in [-0.25, -0.2) is 4.98 Å². The molecular weight excluding hydrogens is 304 g/mol. The Kier molecular flexibility index (Phi) is 5.14. The minimum atomic E-state index is 0.0458. The Morgan fingerprint density at radius 1 is 1.39 bits per heavy atom. The fraction of sp³-hybridized carbons (Fsp3) is 0.526. The Labute approximate surface area is 143 Å². The first kappa shape index (κ1) is 16.6. The molecule has 4 heteroatoms. The van der Waals surface area contributed by atoms with E-state index in [1.165, 1.54) is 30.4 Å². The van der Waals surface area contributed by atoms with E-state index in [4.69, 9.17) is 9.72 Å². The average molecular weight is 330 g/mol. The Morgan fingerprint density at radius 2 is 2.22 bits per heavy atom. The predicted molar refractivity (Wildman–Crippen MR) is 95.7 cm³/mol. The molecule has 2 atom stereocenters. The summed E-state index contributed by atoms with van der Waals surface area (Å²) in [7, 11) is 0. The van der Waals surface area contributed by atoms with Gasteiger partial charge in [-0.3, -0.25) is 0 Å². The first-order valence-corrected chi connectivity index (χ1v) is 9.39. The SMILES string of the molecule is CCO[C@@H](C)c1nc(CN[C@@]2(C)CCCc3ccccc32)cs1. The lowest BCUT2D eigenvalue weighted by Crippen LogP contribution is -2.41. The van der Waals surface area contributed by atoms with Gasteiger partial charge in [0.2, 0.25) is 0 Å². The van der Waals surface area contributed by atoms with E-state index in [2.05, 4.69) is 48.8 Å². The van der Waals surface area contributed by atoms with E-state index in [1.807, 2.05) is 6.92 Å². The molecule has 1 N–H and O–H groups in total. The highest BCUT2D eigenvalue weighted by molar-refractivity contribution is 7.09. The molecule has 3 nitrogen and oxygen atoms in total. The van der Waals surface area contributed by atoms with Crippen molar-refractivity contribution in [1.82, 2.24) is 10.3 Å². The molecule has 0 fully saturated rings. The zero-order chi connectivity index (χ0) is 16.3. The van der Waals surface area contributed by atoms with E-state index in [-0.39, 0.29) is 11.6 Å². The average Bonchev–Trinajstić information content (AvgIpc) is 3.03. The summed E-state index contributed by atoms with van der Waals surface area (Å²) in [5, 5.41) is 6.97. The van der Waals surface area contributed by atoms with E-state index in [0.717, 1.165) is 23.9 Å². The summed E-state index contributed by atoms with van der Waals surface area (Å²) in [4.78, 5) is 4.73. The molecule has 0 saturated heterocycles. The summed E-state index contributed by atoms with van der Waals surface area (Å²) in [6.45, 7) is 7.94. The number of benzene rings is 1. The van der Waals surface area contributed by atoms with Gasteiger partial charge in [-0.1, -0.05) is 24.3 Å². The number of thiazole rings is 1. The number of ether oxygens (including phenoxy) is 1. The lowest BCUT2D eigenvalue weighted by Gasteiger charge is -2.37. The Morgan fingerprint density at radius 3 is 3.04 bits per heavy atom. The molecule has 0 amide bonds. The molecule has 3 rings (SSSR count). The maximum atomic E-state index is 5.63. The molecule has 0 bridgehead atoms. The fourth-order valence-electron chi connectivity index (χ4n) is 3.42. The van der Waals surface area contributed by atoms with Crippen molar-refractivity contribution in [2.75, 3.05) is 6.61 Å². The van der Waals surface area contributed by atoms with Gasteiger partial charge in [-0.15, -0.1) is 11.3 Å². The molecule has 0 unspecified atom stereocenters. The molecule has 1 heterocycles. The van der Waals surface area contributed by atoms with Crippen molar-refractivity contribution in [3.05, 3.63) is 51.5 Å². The molecule has 1 aromatic carbocycles. The van der Waals surface area contributed by atoms with Crippen molar-refractivity contribution in [2.24, 2.45) is 0 Å². The minimum Gasteiger partial charge on any atom is -0.372 e. The van der Waals surface area contributed by atoms with Gasteiger partial charge in [0.05, 0.1) is 5.69 Å². The van der Waals surface area contributed by atoms with Crippen molar-refractivity contribution in [3.8, 4) is 0 Å². The second-order valence-corrected chi connectivity index (χ2v) is 7.36. The van der Waals surface area contributed by atoms with Gasteiger partial charge in [-0.05, 0) is 51.2 Å². The van der Waals surface area contributed by atoms with Crippen molar-refractivity contribution in [3.63, 3.8) is 0 Å². The second kappa shape index (κ2) is 7.12. The summed E-state index contributed by atoms with van der Waals surface area (Å²) in [6, 6.07) is 8.82. The van der Waals surface area contributed by atoms with Gasteiger partial charge in [0.1, 0.15) is 11.1 Å². The summed E-state index contributed by atoms with van der Waals surface area (Å²) < 4.78 is 5.63. The molecule has 1 aliphatic carbocycles. The van der Waals surface area contributed by atoms with Gasteiger partial charge < -0.3 is 10.1 Å². The van der Waals surface area contributed by atoms with Crippen LogP contribution in [-0.4, -0.2) is 11.6 Å². The number of nitrogens with zero attached hydrogens (tertiary/aromatic N) is 1. The summed E-state index contributed by atoms with van der Waals surface area (Å²) in [5.41, 5.74) is 4.09. The minimum absolute atomic E-state index is 0.0458. The van der Waals surface area contributed by atoms with Crippen LogP contribution < -0.4 is 5.32 Å². The van der Waals surface area contributed by atoms with Crippen molar-refractivity contribution < 1.29 is 4.74 Å². The first-order valence-electron chi connectivity index (χ1n) is 8.51. The Balaban J connectivity index is 1.69. The van der Waals surface area contributed by atoms with E-state index < -0.39 is 0 Å². The lowest BCUT2D eigenvalue weighted by atomic mass is 9.78. The van der Waals surface area contributed by atoms with Crippen LogP contribution in [-0.2, 0) is 23.2 Å². The standard InChI is InChI=1S/C19H26N2OS/c1-4-22-14(2)18-21-16(13-23-18)12-20-19(3)11-7-9-15-8-5-6-10-17(15)19/h5-6,8,10,13-14,20H,4,7,9,11-12H2,1-3H3/t14-,19-/m0/s1. The zero-order valence-electron chi connectivity index (χ0n) is 14.3.